The Balaban J connectivity index is 4.51. The van der Waals surface area contributed by atoms with Crippen molar-refractivity contribution in [1.82, 2.24) is 0 Å². The molecular formula is C14H32O3Si. The van der Waals surface area contributed by atoms with Gasteiger partial charge in [-0.15, -0.1) is 0 Å². The van der Waals surface area contributed by atoms with Gasteiger partial charge >= 0.3 is 8.80 Å². The van der Waals surface area contributed by atoms with E-state index < -0.39 is 8.80 Å². The van der Waals surface area contributed by atoms with E-state index >= 15 is 0 Å². The second kappa shape index (κ2) is 9.07. The zero-order valence-electron chi connectivity index (χ0n) is 13.2. The molecule has 110 valence electrons. The first-order valence-corrected chi connectivity index (χ1v) is 9.24. The van der Waals surface area contributed by atoms with Crippen molar-refractivity contribution in [3.63, 3.8) is 0 Å². The summed E-state index contributed by atoms with van der Waals surface area (Å²) in [4.78, 5) is 0. The first kappa shape index (κ1) is 18.1. The van der Waals surface area contributed by atoms with Gasteiger partial charge in [0.2, 0.25) is 0 Å². The van der Waals surface area contributed by atoms with E-state index in [0.717, 1.165) is 12.5 Å². The smallest absolute Gasteiger partial charge is 0.374 e. The van der Waals surface area contributed by atoms with E-state index in [0.29, 0.717) is 19.8 Å². The Kier molecular flexibility index (Phi) is 9.12. The molecule has 4 heteroatoms. The highest BCUT2D eigenvalue weighted by atomic mass is 28.4. The monoisotopic (exact) mass is 276 g/mol. The highest BCUT2D eigenvalue weighted by Crippen LogP contribution is 2.23. The molecule has 0 aliphatic heterocycles. The molecule has 0 aliphatic carbocycles. The molecule has 0 saturated carbocycles. The van der Waals surface area contributed by atoms with Gasteiger partial charge < -0.3 is 13.3 Å². The standard InChI is InChI=1S/C14H32O3Si/c1-7-10-11-12-18(15-8-2,16-9-3)17-13-14(4,5)6/h7-13H2,1-6H3. The number of hydrogen-bond acceptors (Lipinski definition) is 3. The van der Waals surface area contributed by atoms with Crippen molar-refractivity contribution in [2.75, 3.05) is 19.8 Å². The number of unbranched alkanes of at least 4 members (excludes halogenated alkanes) is 2. The Hall–Kier alpha value is 0.0969. The zero-order valence-corrected chi connectivity index (χ0v) is 14.2. The summed E-state index contributed by atoms with van der Waals surface area (Å²) in [5.74, 6) is 0. The van der Waals surface area contributed by atoms with Crippen LogP contribution in [0.2, 0.25) is 6.04 Å². The van der Waals surface area contributed by atoms with Crippen LogP contribution < -0.4 is 0 Å². The Bertz CT molecular complexity index is 196. The maximum atomic E-state index is 6.12. The predicted octanol–water partition coefficient (Wildman–Crippen LogP) is 4.25. The lowest BCUT2D eigenvalue weighted by molar-refractivity contribution is 0.0418. The van der Waals surface area contributed by atoms with Gasteiger partial charge in [0, 0.05) is 25.9 Å². The van der Waals surface area contributed by atoms with Crippen LogP contribution in [0.5, 0.6) is 0 Å². The van der Waals surface area contributed by atoms with Crippen LogP contribution in [0, 0.1) is 5.41 Å². The third-order valence-electron chi connectivity index (χ3n) is 2.54. The molecule has 0 fully saturated rings. The minimum atomic E-state index is -2.44. The molecule has 0 spiro atoms. The highest BCUT2D eigenvalue weighted by Gasteiger charge is 2.40. The molecule has 3 nitrogen and oxygen atoms in total. The summed E-state index contributed by atoms with van der Waals surface area (Å²) in [6.07, 6.45) is 3.56. The molecule has 0 aromatic heterocycles. The van der Waals surface area contributed by atoms with Crippen molar-refractivity contribution in [2.45, 2.75) is 66.8 Å². The lowest BCUT2D eigenvalue weighted by atomic mass is 9.99. The van der Waals surface area contributed by atoms with E-state index in [1.165, 1.54) is 12.8 Å². The molecule has 0 atom stereocenters. The molecule has 0 bridgehead atoms. The van der Waals surface area contributed by atoms with Crippen molar-refractivity contribution < 1.29 is 13.3 Å². The molecule has 0 aromatic carbocycles. The Morgan fingerprint density at radius 3 is 1.78 bits per heavy atom. The van der Waals surface area contributed by atoms with Crippen LogP contribution in [-0.2, 0) is 13.3 Å². The average Bonchev–Trinajstić information content (AvgIpc) is 2.27. The van der Waals surface area contributed by atoms with Gasteiger partial charge in [0.1, 0.15) is 0 Å². The quantitative estimate of drug-likeness (QED) is 0.441. The van der Waals surface area contributed by atoms with Gasteiger partial charge in [-0.2, -0.15) is 0 Å². The fraction of sp³-hybridized carbons (Fsp3) is 1.00. The van der Waals surface area contributed by atoms with Crippen LogP contribution in [0.3, 0.4) is 0 Å². The fourth-order valence-electron chi connectivity index (χ4n) is 1.70. The lowest BCUT2D eigenvalue weighted by Gasteiger charge is -2.32. The SMILES string of the molecule is CCCCC[Si](OCC)(OCC)OCC(C)(C)C. The van der Waals surface area contributed by atoms with Gasteiger partial charge in [0.15, 0.2) is 0 Å². The third-order valence-corrected chi connectivity index (χ3v) is 5.55. The van der Waals surface area contributed by atoms with Crippen molar-refractivity contribution in [1.29, 1.82) is 0 Å². The molecule has 0 amide bonds. The topological polar surface area (TPSA) is 27.7 Å². The molecule has 0 radical (unpaired) electrons. The Morgan fingerprint density at radius 2 is 1.39 bits per heavy atom. The van der Waals surface area contributed by atoms with E-state index in [1.54, 1.807) is 0 Å². The molecule has 0 aliphatic rings. The lowest BCUT2D eigenvalue weighted by Crippen LogP contribution is -2.47. The minimum absolute atomic E-state index is 0.150. The highest BCUT2D eigenvalue weighted by molar-refractivity contribution is 6.60. The van der Waals surface area contributed by atoms with Crippen LogP contribution >= 0.6 is 0 Å². The van der Waals surface area contributed by atoms with Crippen LogP contribution in [-0.4, -0.2) is 28.6 Å². The van der Waals surface area contributed by atoms with Crippen molar-refractivity contribution >= 4 is 8.80 Å². The molecule has 0 heterocycles. The number of hydrogen-bond donors (Lipinski definition) is 0. The molecule has 18 heavy (non-hydrogen) atoms. The number of rotatable bonds is 10. The van der Waals surface area contributed by atoms with Crippen LogP contribution in [0.25, 0.3) is 0 Å². The summed E-state index contributed by atoms with van der Waals surface area (Å²) >= 11 is 0. The molecular weight excluding hydrogens is 244 g/mol. The molecule has 0 unspecified atom stereocenters. The van der Waals surface area contributed by atoms with Gasteiger partial charge in [-0.05, 0) is 25.7 Å². The summed E-state index contributed by atoms with van der Waals surface area (Å²) in [5.41, 5.74) is 0.150. The van der Waals surface area contributed by atoms with Crippen LogP contribution in [0.4, 0.5) is 0 Å². The molecule has 0 rings (SSSR count). The summed E-state index contributed by atoms with van der Waals surface area (Å²) in [5, 5.41) is 0. The van der Waals surface area contributed by atoms with Crippen molar-refractivity contribution in [3.05, 3.63) is 0 Å². The minimum Gasteiger partial charge on any atom is -0.374 e. The molecule has 0 saturated heterocycles. The van der Waals surface area contributed by atoms with Crippen LogP contribution in [0.1, 0.15) is 60.8 Å². The fourth-order valence-corrected chi connectivity index (χ4v) is 4.60. The average molecular weight is 276 g/mol. The first-order valence-electron chi connectivity index (χ1n) is 7.31. The van der Waals surface area contributed by atoms with E-state index in [1.807, 2.05) is 13.8 Å². The first-order chi connectivity index (χ1) is 8.39. The van der Waals surface area contributed by atoms with Gasteiger partial charge in [-0.25, -0.2) is 0 Å². The maximum Gasteiger partial charge on any atom is 0.500 e. The molecule has 0 aromatic rings. The van der Waals surface area contributed by atoms with E-state index in [2.05, 4.69) is 27.7 Å². The summed E-state index contributed by atoms with van der Waals surface area (Å²) in [6, 6.07) is 0.943. The zero-order chi connectivity index (χ0) is 14.1. The summed E-state index contributed by atoms with van der Waals surface area (Å²) in [6.45, 7) is 14.8. The maximum absolute atomic E-state index is 6.12. The predicted molar refractivity (Wildman–Crippen MR) is 78.7 cm³/mol. The van der Waals surface area contributed by atoms with Gasteiger partial charge in [-0.3, -0.25) is 0 Å². The molecule has 0 N–H and O–H groups in total. The van der Waals surface area contributed by atoms with Crippen LogP contribution in [0.15, 0.2) is 0 Å². The van der Waals surface area contributed by atoms with E-state index in [9.17, 15) is 0 Å². The van der Waals surface area contributed by atoms with Crippen molar-refractivity contribution in [2.24, 2.45) is 5.41 Å². The van der Waals surface area contributed by atoms with Gasteiger partial charge in [-0.1, -0.05) is 40.5 Å². The van der Waals surface area contributed by atoms with Crippen molar-refractivity contribution in [3.8, 4) is 0 Å². The normalized spacial score (nSPS) is 13.0. The summed E-state index contributed by atoms with van der Waals surface area (Å²) in [7, 11) is -2.44. The van der Waals surface area contributed by atoms with E-state index in [-0.39, 0.29) is 5.41 Å². The van der Waals surface area contributed by atoms with Gasteiger partial charge in [0.05, 0.1) is 0 Å². The van der Waals surface area contributed by atoms with Gasteiger partial charge in [0.25, 0.3) is 0 Å². The second-order valence-electron chi connectivity index (χ2n) is 5.86. The second-order valence-corrected chi connectivity index (χ2v) is 8.59. The largest absolute Gasteiger partial charge is 0.500 e. The summed E-state index contributed by atoms with van der Waals surface area (Å²) < 4.78 is 17.9. The van der Waals surface area contributed by atoms with E-state index in [4.69, 9.17) is 13.3 Å². The Morgan fingerprint density at radius 1 is 0.833 bits per heavy atom. The Labute approximate surface area is 115 Å². The third kappa shape index (κ3) is 8.24.